The summed E-state index contributed by atoms with van der Waals surface area (Å²) in [4.78, 5) is 0. The number of hydrogen-bond acceptors (Lipinski definition) is 4. The van der Waals surface area contributed by atoms with Gasteiger partial charge in [0.15, 0.2) is 9.84 Å². The van der Waals surface area contributed by atoms with E-state index in [0.29, 0.717) is 0 Å². The Hall–Kier alpha value is -1.38. The molecule has 1 aliphatic carbocycles. The van der Waals surface area contributed by atoms with Crippen LogP contribution in [-0.2, 0) is 9.84 Å². The van der Waals surface area contributed by atoms with Crippen LogP contribution >= 0.6 is 0 Å². The molecular weight excluding hydrogens is 250 g/mol. The summed E-state index contributed by atoms with van der Waals surface area (Å²) in [5, 5.41) is 17.8. The Morgan fingerprint density at radius 2 is 1.94 bits per heavy atom. The number of sulfone groups is 1. The highest BCUT2D eigenvalue weighted by Gasteiger charge is 2.70. The number of aryl methyl sites for hydroxylation is 1. The quantitative estimate of drug-likeness (QED) is 0.884. The second-order valence-corrected chi connectivity index (χ2v) is 7.12. The lowest BCUT2D eigenvalue weighted by Crippen LogP contribution is -2.16. The van der Waals surface area contributed by atoms with Crippen LogP contribution in [0.1, 0.15) is 17.0 Å². The Balaban J connectivity index is 2.46. The van der Waals surface area contributed by atoms with Gasteiger partial charge in [-0.05, 0) is 12.5 Å². The molecule has 3 atom stereocenters. The van der Waals surface area contributed by atoms with Crippen molar-refractivity contribution in [3.05, 3.63) is 35.4 Å². The van der Waals surface area contributed by atoms with Crippen LogP contribution < -0.4 is 0 Å². The SMILES string of the molecule is Cc1ccc(C2C(S(C)(=O)=O)C2(C#N)CO)cc1. The van der Waals surface area contributed by atoms with Gasteiger partial charge in [-0.15, -0.1) is 0 Å². The molecule has 0 bridgehead atoms. The smallest absolute Gasteiger partial charge is 0.152 e. The number of hydrogen-bond donors (Lipinski definition) is 1. The lowest BCUT2D eigenvalue weighted by atomic mass is 10.0. The molecule has 1 aliphatic rings. The Kier molecular flexibility index (Phi) is 2.96. The summed E-state index contributed by atoms with van der Waals surface area (Å²) < 4.78 is 23.4. The van der Waals surface area contributed by atoms with Gasteiger partial charge in [0.1, 0.15) is 5.41 Å². The minimum atomic E-state index is -3.35. The molecule has 5 heteroatoms. The molecule has 1 aromatic rings. The molecule has 4 nitrogen and oxygen atoms in total. The van der Waals surface area contributed by atoms with E-state index in [1.165, 1.54) is 0 Å². The molecule has 0 aliphatic heterocycles. The Morgan fingerprint density at radius 1 is 1.39 bits per heavy atom. The van der Waals surface area contributed by atoms with Gasteiger partial charge in [0, 0.05) is 12.2 Å². The van der Waals surface area contributed by atoms with Crippen LogP contribution in [0, 0.1) is 23.7 Å². The van der Waals surface area contributed by atoms with Crippen LogP contribution in [0.5, 0.6) is 0 Å². The van der Waals surface area contributed by atoms with Gasteiger partial charge in [-0.1, -0.05) is 29.8 Å². The largest absolute Gasteiger partial charge is 0.395 e. The van der Waals surface area contributed by atoms with Crippen molar-refractivity contribution in [1.82, 2.24) is 0 Å². The molecule has 0 amide bonds. The molecule has 0 saturated heterocycles. The Morgan fingerprint density at radius 3 is 2.28 bits per heavy atom. The molecule has 0 heterocycles. The van der Waals surface area contributed by atoms with Gasteiger partial charge in [-0.3, -0.25) is 0 Å². The van der Waals surface area contributed by atoms with Gasteiger partial charge in [0.25, 0.3) is 0 Å². The monoisotopic (exact) mass is 265 g/mol. The average molecular weight is 265 g/mol. The van der Waals surface area contributed by atoms with Crippen molar-refractivity contribution in [3.63, 3.8) is 0 Å². The number of aliphatic hydroxyl groups is 1. The highest BCUT2D eigenvalue weighted by atomic mass is 32.2. The van der Waals surface area contributed by atoms with Gasteiger partial charge in [-0.2, -0.15) is 5.26 Å². The van der Waals surface area contributed by atoms with Crippen LogP contribution in [0.15, 0.2) is 24.3 Å². The molecule has 1 aromatic carbocycles. The van der Waals surface area contributed by atoms with Crippen molar-refractivity contribution in [2.45, 2.75) is 18.1 Å². The molecular formula is C13H15NO3S. The number of nitrogens with zero attached hydrogens (tertiary/aromatic N) is 1. The van der Waals surface area contributed by atoms with E-state index >= 15 is 0 Å². The first kappa shape index (κ1) is 13.1. The minimum absolute atomic E-state index is 0.428. The van der Waals surface area contributed by atoms with Crippen molar-refractivity contribution in [2.24, 2.45) is 5.41 Å². The lowest BCUT2D eigenvalue weighted by Gasteiger charge is -2.03. The predicted molar refractivity (Wildman–Crippen MR) is 67.7 cm³/mol. The van der Waals surface area contributed by atoms with Gasteiger partial charge >= 0.3 is 0 Å². The van der Waals surface area contributed by atoms with Crippen LogP contribution in [0.25, 0.3) is 0 Å². The van der Waals surface area contributed by atoms with Crippen molar-refractivity contribution >= 4 is 9.84 Å². The van der Waals surface area contributed by atoms with Gasteiger partial charge in [0.2, 0.25) is 0 Å². The summed E-state index contributed by atoms with van der Waals surface area (Å²) in [6, 6.07) is 9.41. The van der Waals surface area contributed by atoms with E-state index in [9.17, 15) is 18.8 Å². The number of aliphatic hydroxyl groups excluding tert-OH is 1. The van der Waals surface area contributed by atoms with Crippen molar-refractivity contribution in [3.8, 4) is 6.07 Å². The van der Waals surface area contributed by atoms with E-state index in [-0.39, 0.29) is 0 Å². The first-order valence-electron chi connectivity index (χ1n) is 5.64. The van der Waals surface area contributed by atoms with E-state index < -0.39 is 33.0 Å². The van der Waals surface area contributed by atoms with Gasteiger partial charge < -0.3 is 5.11 Å². The fourth-order valence-electron chi connectivity index (χ4n) is 2.64. The molecule has 1 N–H and O–H groups in total. The minimum Gasteiger partial charge on any atom is -0.395 e. The number of nitriles is 1. The zero-order valence-corrected chi connectivity index (χ0v) is 11.1. The summed E-state index contributed by atoms with van der Waals surface area (Å²) in [5.41, 5.74) is 0.691. The molecule has 0 aromatic heterocycles. The summed E-state index contributed by atoms with van der Waals surface area (Å²) in [6.45, 7) is 1.51. The van der Waals surface area contributed by atoms with E-state index in [1.807, 2.05) is 37.3 Å². The van der Waals surface area contributed by atoms with Crippen molar-refractivity contribution < 1.29 is 13.5 Å². The molecule has 1 fully saturated rings. The first-order valence-corrected chi connectivity index (χ1v) is 7.60. The highest BCUT2D eigenvalue weighted by molar-refractivity contribution is 7.91. The standard InChI is InChI=1S/C13H15NO3S/c1-9-3-5-10(6-4-9)11-12(18(2,16)17)13(11,7-14)8-15/h3-6,11-12,15H,8H2,1-2H3. The topological polar surface area (TPSA) is 78.2 Å². The zero-order chi connectivity index (χ0) is 13.6. The van der Waals surface area contributed by atoms with Crippen LogP contribution in [0.4, 0.5) is 0 Å². The Bertz CT molecular complexity index is 600. The Labute approximate surface area is 107 Å². The maximum atomic E-state index is 11.7. The fraction of sp³-hybridized carbons (Fsp3) is 0.462. The number of rotatable bonds is 3. The molecule has 0 spiro atoms. The van der Waals surface area contributed by atoms with E-state index in [0.717, 1.165) is 17.4 Å². The average Bonchev–Trinajstić information content (AvgIpc) is 3.00. The van der Waals surface area contributed by atoms with Gasteiger partial charge in [-0.25, -0.2) is 8.42 Å². The zero-order valence-electron chi connectivity index (χ0n) is 10.3. The van der Waals surface area contributed by atoms with Crippen LogP contribution in [0.2, 0.25) is 0 Å². The van der Waals surface area contributed by atoms with E-state index in [2.05, 4.69) is 0 Å². The molecule has 2 rings (SSSR count). The number of benzene rings is 1. The summed E-state index contributed by atoms with van der Waals surface area (Å²) in [6.07, 6.45) is 1.12. The highest BCUT2D eigenvalue weighted by Crippen LogP contribution is 2.62. The van der Waals surface area contributed by atoms with Crippen molar-refractivity contribution in [2.75, 3.05) is 12.9 Å². The maximum Gasteiger partial charge on any atom is 0.152 e. The summed E-state index contributed by atoms with van der Waals surface area (Å²) in [5.74, 6) is -0.428. The van der Waals surface area contributed by atoms with E-state index in [4.69, 9.17) is 0 Å². The summed E-state index contributed by atoms with van der Waals surface area (Å²) >= 11 is 0. The van der Waals surface area contributed by atoms with Gasteiger partial charge in [0.05, 0.1) is 17.9 Å². The third kappa shape index (κ3) is 1.82. The van der Waals surface area contributed by atoms with Crippen molar-refractivity contribution in [1.29, 1.82) is 5.26 Å². The second-order valence-electron chi connectivity index (χ2n) is 4.95. The molecule has 3 unspecified atom stereocenters. The maximum absolute atomic E-state index is 11.7. The van der Waals surface area contributed by atoms with E-state index in [1.54, 1.807) is 0 Å². The second kappa shape index (κ2) is 4.08. The third-order valence-electron chi connectivity index (χ3n) is 3.62. The molecule has 1 saturated carbocycles. The fourth-order valence-corrected chi connectivity index (χ4v) is 4.49. The predicted octanol–water partition coefficient (Wildman–Crippen LogP) is 1.01. The molecule has 0 radical (unpaired) electrons. The third-order valence-corrected chi connectivity index (χ3v) is 5.24. The summed E-state index contributed by atoms with van der Waals surface area (Å²) in [7, 11) is -3.35. The van der Waals surface area contributed by atoms with Crippen LogP contribution in [-0.4, -0.2) is 31.6 Å². The normalized spacial score (nSPS) is 30.8. The first-order chi connectivity index (χ1) is 8.36. The lowest BCUT2D eigenvalue weighted by molar-refractivity contribution is 0.242. The van der Waals surface area contributed by atoms with Crippen LogP contribution in [0.3, 0.4) is 0 Å². The molecule has 18 heavy (non-hydrogen) atoms. The molecule has 96 valence electrons.